The third-order valence-electron chi connectivity index (χ3n) is 4.93. The molecule has 1 aliphatic heterocycles. The van der Waals surface area contributed by atoms with Gasteiger partial charge in [0.2, 0.25) is 0 Å². The molecule has 0 aliphatic carbocycles. The van der Waals surface area contributed by atoms with Crippen molar-refractivity contribution in [1.29, 1.82) is 0 Å². The normalized spacial score (nSPS) is 14.3. The number of anilines is 2. The summed E-state index contributed by atoms with van der Waals surface area (Å²) < 4.78 is 68.4. The second-order valence-electron chi connectivity index (χ2n) is 7.52. The van der Waals surface area contributed by atoms with Crippen LogP contribution in [-0.4, -0.2) is 43.1 Å². The number of rotatable bonds is 7. The van der Waals surface area contributed by atoms with Crippen LogP contribution in [0.4, 0.5) is 29.5 Å². The van der Waals surface area contributed by atoms with E-state index in [9.17, 15) is 31.2 Å². The molecule has 9 nitrogen and oxygen atoms in total. The highest BCUT2D eigenvalue weighted by molar-refractivity contribution is 7.92. The number of carbonyl (C=O) groups excluding carboxylic acids is 2. The number of imide groups is 1. The first-order chi connectivity index (χ1) is 16.9. The lowest BCUT2D eigenvalue weighted by Gasteiger charge is -2.18. The number of pyridine rings is 1. The maximum atomic E-state index is 12.8. The molecule has 2 heterocycles. The van der Waals surface area contributed by atoms with Gasteiger partial charge < -0.3 is 9.64 Å². The van der Waals surface area contributed by atoms with Crippen LogP contribution < -0.4 is 14.4 Å². The summed E-state index contributed by atoms with van der Waals surface area (Å²) >= 11 is 5.79. The summed E-state index contributed by atoms with van der Waals surface area (Å²) in [7, 11) is -3.95. The fourth-order valence-electron chi connectivity index (χ4n) is 3.38. The average Bonchev–Trinajstić information content (AvgIpc) is 3.06. The predicted molar refractivity (Wildman–Crippen MR) is 123 cm³/mol. The Hall–Kier alpha value is -3.84. The van der Waals surface area contributed by atoms with Crippen LogP contribution in [0.3, 0.4) is 0 Å². The van der Waals surface area contributed by atoms with Gasteiger partial charge in [-0.05, 0) is 66.2 Å². The molecule has 14 heteroatoms. The van der Waals surface area contributed by atoms with Crippen LogP contribution in [0.2, 0.25) is 5.02 Å². The number of aromatic nitrogens is 1. The molecular formula is C22H16ClF3N4O5S. The standard InChI is InChI=1S/C22H16ClF3N4O5S/c23-15-1-7-18(8-2-15)36(33,34)28-19-11-14(9-10-27-19)12-29-13-20(31)30(21(29)32)16-3-5-17(6-4-16)35-22(24,25)26/h1-11H,12-13H2,(H,27,28). The number of hydrogen-bond acceptors (Lipinski definition) is 6. The van der Waals surface area contributed by atoms with Gasteiger partial charge in [0.15, 0.2) is 0 Å². The SMILES string of the molecule is O=C1CN(Cc2ccnc(NS(=O)(=O)c3ccc(Cl)cc3)c2)C(=O)N1c1ccc(OC(F)(F)F)cc1. The van der Waals surface area contributed by atoms with Gasteiger partial charge in [-0.2, -0.15) is 0 Å². The first kappa shape index (κ1) is 25.3. The lowest BCUT2D eigenvalue weighted by molar-refractivity contribution is -0.274. The van der Waals surface area contributed by atoms with E-state index in [1.54, 1.807) is 6.07 Å². The van der Waals surface area contributed by atoms with Crippen LogP contribution in [0.25, 0.3) is 0 Å². The number of sulfonamides is 1. The molecule has 3 amide bonds. The Labute approximate surface area is 208 Å². The number of hydrogen-bond donors (Lipinski definition) is 1. The van der Waals surface area contributed by atoms with Crippen molar-refractivity contribution in [1.82, 2.24) is 9.88 Å². The Balaban J connectivity index is 1.46. The first-order valence-electron chi connectivity index (χ1n) is 10.1. The Morgan fingerprint density at radius 2 is 1.69 bits per heavy atom. The van der Waals surface area contributed by atoms with Crippen molar-refractivity contribution < 1.29 is 35.9 Å². The highest BCUT2D eigenvalue weighted by Crippen LogP contribution is 2.28. The van der Waals surface area contributed by atoms with Crippen molar-refractivity contribution in [2.24, 2.45) is 0 Å². The molecule has 36 heavy (non-hydrogen) atoms. The Kier molecular flexibility index (Phi) is 6.78. The minimum atomic E-state index is -4.87. The van der Waals surface area contributed by atoms with E-state index in [1.165, 1.54) is 41.4 Å². The number of urea groups is 1. The molecule has 0 spiro atoms. The molecule has 0 radical (unpaired) electrons. The molecule has 1 fully saturated rings. The molecule has 188 valence electrons. The lowest BCUT2D eigenvalue weighted by Crippen LogP contribution is -2.32. The number of carbonyl (C=O) groups is 2. The van der Waals surface area contributed by atoms with Gasteiger partial charge in [0.25, 0.3) is 15.9 Å². The summed E-state index contributed by atoms with van der Waals surface area (Å²) in [4.78, 5) is 31.3. The van der Waals surface area contributed by atoms with E-state index in [4.69, 9.17) is 11.6 Å². The van der Waals surface area contributed by atoms with Crippen molar-refractivity contribution in [3.05, 3.63) is 77.4 Å². The highest BCUT2D eigenvalue weighted by Gasteiger charge is 2.37. The second kappa shape index (κ2) is 9.66. The third-order valence-corrected chi connectivity index (χ3v) is 6.55. The van der Waals surface area contributed by atoms with Crippen LogP contribution in [0, 0.1) is 0 Å². The molecule has 2 aromatic carbocycles. The second-order valence-corrected chi connectivity index (χ2v) is 9.64. The third kappa shape index (κ3) is 5.86. The van der Waals surface area contributed by atoms with Gasteiger partial charge >= 0.3 is 12.4 Å². The lowest BCUT2D eigenvalue weighted by atomic mass is 10.2. The average molecular weight is 541 g/mol. The van der Waals surface area contributed by atoms with Gasteiger partial charge in [-0.1, -0.05) is 11.6 Å². The van der Waals surface area contributed by atoms with Crippen molar-refractivity contribution in [2.75, 3.05) is 16.2 Å². The van der Waals surface area contributed by atoms with Gasteiger partial charge in [-0.3, -0.25) is 9.52 Å². The largest absolute Gasteiger partial charge is 0.573 e. The zero-order chi connectivity index (χ0) is 26.1. The zero-order valence-corrected chi connectivity index (χ0v) is 19.6. The van der Waals surface area contributed by atoms with Crippen molar-refractivity contribution in [3.63, 3.8) is 0 Å². The maximum absolute atomic E-state index is 12.8. The summed E-state index contributed by atoms with van der Waals surface area (Å²) in [5.41, 5.74) is 0.559. The quantitative estimate of drug-likeness (QED) is 0.445. The van der Waals surface area contributed by atoms with E-state index in [-0.39, 0.29) is 29.5 Å². The molecule has 1 saturated heterocycles. The fourth-order valence-corrected chi connectivity index (χ4v) is 4.51. The molecule has 1 aromatic heterocycles. The minimum absolute atomic E-state index is 0.00229. The number of ether oxygens (including phenoxy) is 1. The number of benzene rings is 2. The summed E-state index contributed by atoms with van der Waals surface area (Å²) in [5.74, 6) is -1.08. The molecule has 0 atom stereocenters. The number of halogens is 4. The van der Waals surface area contributed by atoms with Gasteiger partial charge in [0, 0.05) is 17.8 Å². The Morgan fingerprint density at radius 3 is 2.33 bits per heavy atom. The van der Waals surface area contributed by atoms with Crippen molar-refractivity contribution in [2.45, 2.75) is 17.8 Å². The van der Waals surface area contributed by atoms with Crippen LogP contribution in [0.15, 0.2) is 71.8 Å². The summed E-state index contributed by atoms with van der Waals surface area (Å²) in [5, 5.41) is 0.374. The topological polar surface area (TPSA) is 109 Å². The number of nitrogens with one attached hydrogen (secondary N) is 1. The number of nitrogens with zero attached hydrogens (tertiary/aromatic N) is 3. The van der Waals surface area contributed by atoms with E-state index in [1.807, 2.05) is 0 Å². The molecule has 0 saturated carbocycles. The highest BCUT2D eigenvalue weighted by atomic mass is 35.5. The van der Waals surface area contributed by atoms with Crippen LogP contribution in [-0.2, 0) is 21.4 Å². The summed E-state index contributed by atoms with van der Waals surface area (Å²) in [6.45, 7) is -0.331. The molecule has 3 aromatic rings. The van der Waals surface area contributed by atoms with Gasteiger partial charge in [0.05, 0.1) is 10.6 Å². The predicted octanol–water partition coefficient (Wildman–Crippen LogP) is 4.40. The van der Waals surface area contributed by atoms with Crippen LogP contribution in [0.5, 0.6) is 5.75 Å². The molecular weight excluding hydrogens is 525 g/mol. The van der Waals surface area contributed by atoms with E-state index in [2.05, 4.69) is 14.4 Å². The fraction of sp³-hybridized carbons (Fsp3) is 0.136. The monoisotopic (exact) mass is 540 g/mol. The first-order valence-corrected chi connectivity index (χ1v) is 12.0. The summed E-state index contributed by atoms with van der Waals surface area (Å²) in [6.07, 6.45) is -3.53. The van der Waals surface area contributed by atoms with Gasteiger partial charge in [-0.15, -0.1) is 13.2 Å². The Bertz CT molecular complexity index is 1400. The minimum Gasteiger partial charge on any atom is -0.406 e. The van der Waals surface area contributed by atoms with E-state index in [0.717, 1.165) is 29.2 Å². The molecule has 0 bridgehead atoms. The number of alkyl halides is 3. The maximum Gasteiger partial charge on any atom is 0.573 e. The van der Waals surface area contributed by atoms with Crippen molar-refractivity contribution >= 4 is 45.1 Å². The van der Waals surface area contributed by atoms with E-state index < -0.39 is 34.1 Å². The van der Waals surface area contributed by atoms with E-state index >= 15 is 0 Å². The molecule has 1 N–H and O–H groups in total. The zero-order valence-electron chi connectivity index (χ0n) is 18.1. The smallest absolute Gasteiger partial charge is 0.406 e. The molecule has 4 rings (SSSR count). The number of amides is 3. The van der Waals surface area contributed by atoms with Gasteiger partial charge in [0.1, 0.15) is 18.1 Å². The Morgan fingerprint density at radius 1 is 1.03 bits per heavy atom. The summed E-state index contributed by atoms with van der Waals surface area (Å²) in [6, 6.07) is 12.1. The van der Waals surface area contributed by atoms with E-state index in [0.29, 0.717) is 10.6 Å². The van der Waals surface area contributed by atoms with Crippen LogP contribution >= 0.6 is 11.6 Å². The molecule has 1 aliphatic rings. The van der Waals surface area contributed by atoms with Crippen LogP contribution in [0.1, 0.15) is 5.56 Å². The van der Waals surface area contributed by atoms with Crippen molar-refractivity contribution in [3.8, 4) is 5.75 Å². The van der Waals surface area contributed by atoms with Gasteiger partial charge in [-0.25, -0.2) is 23.1 Å². The molecule has 0 unspecified atom stereocenters.